The summed E-state index contributed by atoms with van der Waals surface area (Å²) in [5.74, 6) is 1.87. The predicted molar refractivity (Wildman–Crippen MR) is 78.0 cm³/mol. The highest BCUT2D eigenvalue weighted by molar-refractivity contribution is 5.44. The smallest absolute Gasteiger partial charge is 0.126 e. The Morgan fingerprint density at radius 2 is 1.53 bits per heavy atom. The summed E-state index contributed by atoms with van der Waals surface area (Å²) in [5.41, 5.74) is 2.49. The van der Waals surface area contributed by atoms with Gasteiger partial charge in [-0.05, 0) is 23.0 Å². The fourth-order valence-electron chi connectivity index (χ4n) is 2.02. The Morgan fingerprint density at radius 3 is 2.00 bits per heavy atom. The number of hydrogen-bond acceptors (Lipinski definition) is 3. The maximum absolute atomic E-state index is 8.65. The zero-order chi connectivity index (χ0) is 14.3. The lowest BCUT2D eigenvalue weighted by Crippen LogP contribution is -2.11. The average molecular weight is 266 g/mol. The number of ether oxygens (including phenoxy) is 2. The van der Waals surface area contributed by atoms with Crippen molar-refractivity contribution in [2.75, 3.05) is 26.4 Å². The van der Waals surface area contributed by atoms with Gasteiger partial charge in [-0.25, -0.2) is 0 Å². The van der Waals surface area contributed by atoms with Gasteiger partial charge in [-0.3, -0.25) is 0 Å². The van der Waals surface area contributed by atoms with Gasteiger partial charge in [-0.15, -0.1) is 0 Å². The van der Waals surface area contributed by atoms with Gasteiger partial charge in [-0.2, -0.15) is 0 Å². The Kier molecular flexibility index (Phi) is 6.89. The number of para-hydroxylation sites is 1. The highest BCUT2D eigenvalue weighted by Crippen LogP contribution is 2.34. The first-order valence-corrected chi connectivity index (χ1v) is 7.02. The van der Waals surface area contributed by atoms with Crippen molar-refractivity contribution in [1.29, 1.82) is 0 Å². The van der Waals surface area contributed by atoms with E-state index in [0.717, 1.165) is 5.75 Å². The molecule has 0 heterocycles. The van der Waals surface area contributed by atoms with Crippen molar-refractivity contribution in [3.63, 3.8) is 0 Å². The zero-order valence-electron chi connectivity index (χ0n) is 12.5. The lowest BCUT2D eigenvalue weighted by Gasteiger charge is -2.20. The molecule has 1 aromatic rings. The van der Waals surface area contributed by atoms with Crippen molar-refractivity contribution in [3.8, 4) is 5.75 Å². The molecule has 0 radical (unpaired) electrons. The minimum Gasteiger partial charge on any atom is -0.491 e. The molecule has 0 spiro atoms. The van der Waals surface area contributed by atoms with E-state index in [-0.39, 0.29) is 6.61 Å². The zero-order valence-corrected chi connectivity index (χ0v) is 12.5. The van der Waals surface area contributed by atoms with Crippen LogP contribution in [-0.2, 0) is 4.74 Å². The molecular weight excluding hydrogens is 240 g/mol. The monoisotopic (exact) mass is 266 g/mol. The second-order valence-electron chi connectivity index (χ2n) is 5.26. The first-order valence-electron chi connectivity index (χ1n) is 7.02. The lowest BCUT2D eigenvalue weighted by atomic mass is 9.94. The molecule has 0 amide bonds. The Balaban J connectivity index is 2.77. The first-order chi connectivity index (χ1) is 9.07. The molecule has 19 heavy (non-hydrogen) atoms. The van der Waals surface area contributed by atoms with Crippen LogP contribution < -0.4 is 4.74 Å². The summed E-state index contributed by atoms with van der Waals surface area (Å²) in [6.45, 7) is 10.1. The van der Waals surface area contributed by atoms with Crippen LogP contribution in [0.1, 0.15) is 50.7 Å². The molecule has 0 unspecified atom stereocenters. The topological polar surface area (TPSA) is 38.7 Å². The second-order valence-corrected chi connectivity index (χ2v) is 5.26. The third kappa shape index (κ3) is 4.84. The summed E-state index contributed by atoms with van der Waals surface area (Å²) in [6.07, 6.45) is 0. The number of benzene rings is 1. The van der Waals surface area contributed by atoms with E-state index in [1.807, 2.05) is 0 Å². The van der Waals surface area contributed by atoms with E-state index in [9.17, 15) is 0 Å². The molecule has 0 atom stereocenters. The van der Waals surface area contributed by atoms with Gasteiger partial charge in [0.25, 0.3) is 0 Å². The van der Waals surface area contributed by atoms with Crippen LogP contribution in [0.25, 0.3) is 0 Å². The van der Waals surface area contributed by atoms with Gasteiger partial charge in [0.05, 0.1) is 19.8 Å². The van der Waals surface area contributed by atoms with Crippen LogP contribution in [0.4, 0.5) is 0 Å². The Bertz CT molecular complexity index is 346. The van der Waals surface area contributed by atoms with E-state index in [1.54, 1.807) is 0 Å². The molecule has 0 fully saturated rings. The maximum Gasteiger partial charge on any atom is 0.126 e. The Morgan fingerprint density at radius 1 is 0.947 bits per heavy atom. The standard InChI is InChI=1S/C16H26O3/c1-12(2)14-6-5-7-15(13(3)4)16(14)19-11-10-18-9-8-17/h5-7,12-13,17H,8-11H2,1-4H3. The lowest BCUT2D eigenvalue weighted by molar-refractivity contribution is 0.0700. The van der Waals surface area contributed by atoms with Gasteiger partial charge in [0.2, 0.25) is 0 Å². The minimum absolute atomic E-state index is 0.0554. The highest BCUT2D eigenvalue weighted by Gasteiger charge is 2.14. The van der Waals surface area contributed by atoms with Crippen LogP contribution in [0.15, 0.2) is 18.2 Å². The third-order valence-corrected chi connectivity index (χ3v) is 3.03. The average Bonchev–Trinajstić information content (AvgIpc) is 2.38. The van der Waals surface area contributed by atoms with E-state index in [2.05, 4.69) is 45.9 Å². The number of aliphatic hydroxyl groups excluding tert-OH is 1. The summed E-state index contributed by atoms with van der Waals surface area (Å²) >= 11 is 0. The molecular formula is C16H26O3. The second kappa shape index (κ2) is 8.18. The van der Waals surface area contributed by atoms with Crippen molar-refractivity contribution in [3.05, 3.63) is 29.3 Å². The molecule has 1 rings (SSSR count). The summed E-state index contributed by atoms with van der Waals surface area (Å²) in [4.78, 5) is 0. The quantitative estimate of drug-likeness (QED) is 0.734. The molecule has 108 valence electrons. The Labute approximate surface area is 116 Å². The number of rotatable bonds is 8. The van der Waals surface area contributed by atoms with Gasteiger partial charge in [0.1, 0.15) is 12.4 Å². The minimum atomic E-state index is 0.0554. The molecule has 0 bridgehead atoms. The van der Waals surface area contributed by atoms with Crippen LogP contribution in [-0.4, -0.2) is 31.5 Å². The summed E-state index contributed by atoms with van der Waals surface area (Å²) in [6, 6.07) is 6.35. The predicted octanol–water partition coefficient (Wildman–Crippen LogP) is 3.32. The molecule has 0 saturated heterocycles. The SMILES string of the molecule is CC(C)c1cccc(C(C)C)c1OCCOCCO. The van der Waals surface area contributed by atoms with Crippen LogP contribution in [0.5, 0.6) is 5.75 Å². The highest BCUT2D eigenvalue weighted by atomic mass is 16.5. The van der Waals surface area contributed by atoms with E-state index in [1.165, 1.54) is 11.1 Å². The fraction of sp³-hybridized carbons (Fsp3) is 0.625. The van der Waals surface area contributed by atoms with E-state index in [4.69, 9.17) is 14.6 Å². The maximum atomic E-state index is 8.65. The van der Waals surface area contributed by atoms with Gasteiger partial charge in [-0.1, -0.05) is 45.9 Å². The number of aliphatic hydroxyl groups is 1. The van der Waals surface area contributed by atoms with Gasteiger partial charge in [0.15, 0.2) is 0 Å². The molecule has 1 N–H and O–H groups in total. The largest absolute Gasteiger partial charge is 0.491 e. The van der Waals surface area contributed by atoms with Crippen molar-refractivity contribution in [2.24, 2.45) is 0 Å². The van der Waals surface area contributed by atoms with Crippen LogP contribution in [0.2, 0.25) is 0 Å². The van der Waals surface area contributed by atoms with Gasteiger partial charge < -0.3 is 14.6 Å². The Hall–Kier alpha value is -1.06. The summed E-state index contributed by atoms with van der Waals surface area (Å²) in [7, 11) is 0. The van der Waals surface area contributed by atoms with Crippen LogP contribution in [0, 0.1) is 0 Å². The molecule has 0 aliphatic rings. The third-order valence-electron chi connectivity index (χ3n) is 3.03. The summed E-state index contributed by atoms with van der Waals surface area (Å²) < 4.78 is 11.2. The molecule has 0 aliphatic carbocycles. The van der Waals surface area contributed by atoms with Crippen molar-refractivity contribution >= 4 is 0 Å². The molecule has 0 aliphatic heterocycles. The number of hydrogen-bond donors (Lipinski definition) is 1. The van der Waals surface area contributed by atoms with E-state index in [0.29, 0.717) is 31.7 Å². The molecule has 3 heteroatoms. The van der Waals surface area contributed by atoms with Crippen molar-refractivity contribution < 1.29 is 14.6 Å². The molecule has 1 aromatic carbocycles. The van der Waals surface area contributed by atoms with E-state index < -0.39 is 0 Å². The molecule has 0 aromatic heterocycles. The van der Waals surface area contributed by atoms with Gasteiger partial charge >= 0.3 is 0 Å². The summed E-state index contributed by atoms with van der Waals surface area (Å²) in [5, 5.41) is 8.65. The fourth-order valence-corrected chi connectivity index (χ4v) is 2.02. The van der Waals surface area contributed by atoms with Crippen LogP contribution in [0.3, 0.4) is 0 Å². The van der Waals surface area contributed by atoms with Crippen LogP contribution >= 0.6 is 0 Å². The van der Waals surface area contributed by atoms with E-state index >= 15 is 0 Å². The first kappa shape index (κ1) is 16.0. The molecule has 3 nitrogen and oxygen atoms in total. The normalized spacial score (nSPS) is 11.3. The van der Waals surface area contributed by atoms with Crippen molar-refractivity contribution in [2.45, 2.75) is 39.5 Å². The van der Waals surface area contributed by atoms with Gasteiger partial charge in [0, 0.05) is 0 Å². The molecule has 0 saturated carbocycles. The van der Waals surface area contributed by atoms with Crippen molar-refractivity contribution in [1.82, 2.24) is 0 Å².